The van der Waals surface area contributed by atoms with Crippen LogP contribution in [-0.2, 0) is 0 Å². The van der Waals surface area contributed by atoms with Crippen LogP contribution in [0, 0.1) is 5.92 Å². The molecule has 1 aliphatic carbocycles. The summed E-state index contributed by atoms with van der Waals surface area (Å²) in [7, 11) is 0. The van der Waals surface area contributed by atoms with Crippen LogP contribution in [0.5, 0.6) is 0 Å². The fourth-order valence-electron chi connectivity index (χ4n) is 3.17. The van der Waals surface area contributed by atoms with Crippen LogP contribution >= 0.6 is 0 Å². The summed E-state index contributed by atoms with van der Waals surface area (Å²) in [4.78, 5) is 2.63. The van der Waals surface area contributed by atoms with E-state index in [9.17, 15) is 0 Å². The molecule has 1 aromatic rings. The molecule has 0 aliphatic heterocycles. The van der Waals surface area contributed by atoms with Gasteiger partial charge in [-0.1, -0.05) is 57.0 Å². The van der Waals surface area contributed by atoms with Crippen LogP contribution in [0.15, 0.2) is 30.3 Å². The van der Waals surface area contributed by atoms with Gasteiger partial charge in [-0.3, -0.25) is 4.90 Å². The highest BCUT2D eigenvalue weighted by Gasteiger charge is 2.24. The van der Waals surface area contributed by atoms with E-state index in [-0.39, 0.29) is 6.04 Å². The zero-order chi connectivity index (χ0) is 13.7. The van der Waals surface area contributed by atoms with Gasteiger partial charge in [-0.15, -0.1) is 0 Å². The first kappa shape index (κ1) is 14.5. The Balaban J connectivity index is 1.98. The number of nitrogens with two attached hydrogens (primary N) is 1. The molecule has 1 unspecified atom stereocenters. The molecule has 1 aromatic carbocycles. The van der Waals surface area contributed by atoms with E-state index in [2.05, 4.69) is 49.1 Å². The lowest BCUT2D eigenvalue weighted by Crippen LogP contribution is -2.41. The largest absolute Gasteiger partial charge is 0.323 e. The van der Waals surface area contributed by atoms with Crippen molar-refractivity contribution in [2.24, 2.45) is 11.7 Å². The molecule has 0 heterocycles. The first-order valence-corrected chi connectivity index (χ1v) is 7.71. The maximum atomic E-state index is 6.40. The lowest BCUT2D eigenvalue weighted by Gasteiger charge is -2.32. The van der Waals surface area contributed by atoms with E-state index in [1.54, 1.807) is 0 Å². The number of hydrogen-bond acceptors (Lipinski definition) is 2. The normalized spacial score (nSPS) is 18.4. The highest BCUT2D eigenvalue weighted by molar-refractivity contribution is 5.18. The summed E-state index contributed by atoms with van der Waals surface area (Å²) in [6.07, 6.45) is 5.49. The quantitative estimate of drug-likeness (QED) is 0.847. The molecular formula is C17H28N2. The van der Waals surface area contributed by atoms with Crippen molar-refractivity contribution in [2.75, 3.05) is 13.1 Å². The summed E-state index contributed by atoms with van der Waals surface area (Å²) < 4.78 is 0. The molecule has 2 N–H and O–H groups in total. The number of rotatable bonds is 6. The van der Waals surface area contributed by atoms with Crippen LogP contribution in [0.1, 0.15) is 51.1 Å². The van der Waals surface area contributed by atoms with Crippen LogP contribution in [0.4, 0.5) is 0 Å². The maximum absolute atomic E-state index is 6.40. The summed E-state index contributed by atoms with van der Waals surface area (Å²) in [5, 5.41) is 0. The summed E-state index contributed by atoms with van der Waals surface area (Å²) in [6.45, 7) is 6.77. The Morgan fingerprint density at radius 2 is 1.74 bits per heavy atom. The van der Waals surface area contributed by atoms with Crippen molar-refractivity contribution in [3.05, 3.63) is 35.9 Å². The fourth-order valence-corrected chi connectivity index (χ4v) is 3.17. The zero-order valence-electron chi connectivity index (χ0n) is 12.4. The predicted octanol–water partition coefficient (Wildman–Crippen LogP) is 3.59. The third kappa shape index (κ3) is 4.32. The second kappa shape index (κ2) is 7.06. The number of benzene rings is 1. The van der Waals surface area contributed by atoms with Gasteiger partial charge in [0, 0.05) is 25.2 Å². The molecule has 0 saturated heterocycles. The molecule has 0 amide bonds. The highest BCUT2D eigenvalue weighted by atomic mass is 15.2. The highest BCUT2D eigenvalue weighted by Crippen LogP contribution is 2.25. The fraction of sp³-hybridized carbons (Fsp3) is 0.647. The molecule has 1 saturated carbocycles. The molecule has 19 heavy (non-hydrogen) atoms. The molecule has 1 aliphatic rings. The Hall–Kier alpha value is -0.860. The lowest BCUT2D eigenvalue weighted by molar-refractivity contribution is 0.167. The van der Waals surface area contributed by atoms with Gasteiger partial charge in [-0.2, -0.15) is 0 Å². The standard InChI is InChI=1S/C17H28N2/c1-14(2)12-19(16-10-6-7-11-16)13-17(18)15-8-4-3-5-9-15/h3-5,8-9,14,16-17H,6-7,10-13,18H2,1-2H3. The first-order chi connectivity index (χ1) is 9.16. The Morgan fingerprint density at radius 3 is 2.32 bits per heavy atom. The van der Waals surface area contributed by atoms with E-state index in [0.717, 1.165) is 12.6 Å². The average Bonchev–Trinajstić information content (AvgIpc) is 2.92. The minimum absolute atomic E-state index is 0.139. The van der Waals surface area contributed by atoms with E-state index >= 15 is 0 Å². The van der Waals surface area contributed by atoms with Gasteiger partial charge in [-0.25, -0.2) is 0 Å². The van der Waals surface area contributed by atoms with E-state index in [1.807, 2.05) is 0 Å². The smallest absolute Gasteiger partial charge is 0.0424 e. The van der Waals surface area contributed by atoms with Crippen molar-refractivity contribution in [1.29, 1.82) is 0 Å². The van der Waals surface area contributed by atoms with Crippen molar-refractivity contribution in [3.8, 4) is 0 Å². The van der Waals surface area contributed by atoms with Crippen LogP contribution in [0.3, 0.4) is 0 Å². The van der Waals surface area contributed by atoms with Gasteiger partial charge in [-0.05, 0) is 24.3 Å². The average molecular weight is 260 g/mol. The Bertz CT molecular complexity index is 355. The SMILES string of the molecule is CC(C)CN(CC(N)c1ccccc1)C1CCCC1. The third-order valence-electron chi connectivity index (χ3n) is 4.10. The Labute approximate surface area is 118 Å². The Kier molecular flexibility index (Phi) is 5.41. The molecule has 2 nitrogen and oxygen atoms in total. The molecule has 2 heteroatoms. The van der Waals surface area contributed by atoms with E-state index < -0.39 is 0 Å². The van der Waals surface area contributed by atoms with Crippen LogP contribution in [-0.4, -0.2) is 24.0 Å². The van der Waals surface area contributed by atoms with Gasteiger partial charge < -0.3 is 5.73 Å². The van der Waals surface area contributed by atoms with Crippen LogP contribution < -0.4 is 5.73 Å². The van der Waals surface area contributed by atoms with Gasteiger partial charge in [0.15, 0.2) is 0 Å². The van der Waals surface area contributed by atoms with Crippen molar-refractivity contribution in [3.63, 3.8) is 0 Å². The van der Waals surface area contributed by atoms with Crippen molar-refractivity contribution in [2.45, 2.75) is 51.6 Å². The van der Waals surface area contributed by atoms with Crippen molar-refractivity contribution < 1.29 is 0 Å². The monoisotopic (exact) mass is 260 g/mol. The zero-order valence-corrected chi connectivity index (χ0v) is 12.4. The second-order valence-electron chi connectivity index (χ2n) is 6.30. The molecule has 2 rings (SSSR count). The second-order valence-corrected chi connectivity index (χ2v) is 6.30. The molecular weight excluding hydrogens is 232 g/mol. The minimum atomic E-state index is 0.139. The van der Waals surface area contributed by atoms with Gasteiger partial charge in [0.05, 0.1) is 0 Å². The summed E-state index contributed by atoms with van der Waals surface area (Å²) in [6, 6.07) is 11.4. The topological polar surface area (TPSA) is 29.3 Å². The molecule has 1 fully saturated rings. The molecule has 0 aromatic heterocycles. The van der Waals surface area contributed by atoms with Crippen molar-refractivity contribution >= 4 is 0 Å². The number of hydrogen-bond donors (Lipinski definition) is 1. The lowest BCUT2D eigenvalue weighted by atomic mass is 10.0. The Morgan fingerprint density at radius 1 is 1.11 bits per heavy atom. The van der Waals surface area contributed by atoms with E-state index in [4.69, 9.17) is 5.73 Å². The first-order valence-electron chi connectivity index (χ1n) is 7.71. The summed E-state index contributed by atoms with van der Waals surface area (Å²) in [5.74, 6) is 0.712. The maximum Gasteiger partial charge on any atom is 0.0424 e. The minimum Gasteiger partial charge on any atom is -0.323 e. The van der Waals surface area contributed by atoms with Gasteiger partial charge in [0.1, 0.15) is 0 Å². The van der Waals surface area contributed by atoms with Crippen molar-refractivity contribution in [1.82, 2.24) is 4.90 Å². The molecule has 0 bridgehead atoms. The predicted molar refractivity (Wildman–Crippen MR) is 82.0 cm³/mol. The summed E-state index contributed by atoms with van der Waals surface area (Å²) in [5.41, 5.74) is 7.66. The molecule has 106 valence electrons. The molecule has 0 spiro atoms. The summed E-state index contributed by atoms with van der Waals surface area (Å²) >= 11 is 0. The van der Waals surface area contributed by atoms with Crippen LogP contribution in [0.2, 0.25) is 0 Å². The number of nitrogens with zero attached hydrogens (tertiary/aromatic N) is 1. The van der Waals surface area contributed by atoms with E-state index in [1.165, 1.54) is 37.8 Å². The molecule has 0 radical (unpaired) electrons. The third-order valence-corrected chi connectivity index (χ3v) is 4.10. The van der Waals surface area contributed by atoms with Gasteiger partial charge in [0.25, 0.3) is 0 Å². The van der Waals surface area contributed by atoms with Gasteiger partial charge in [0.2, 0.25) is 0 Å². The van der Waals surface area contributed by atoms with E-state index in [0.29, 0.717) is 5.92 Å². The van der Waals surface area contributed by atoms with Gasteiger partial charge >= 0.3 is 0 Å². The van der Waals surface area contributed by atoms with Crippen LogP contribution in [0.25, 0.3) is 0 Å². The molecule has 1 atom stereocenters.